The standard InChI is InChI=1S/C10H12ClNO/c11-8-4-5-9-12-13-10-6-2-1-3-7-10/h1-3,5-7,9,12H,4,8H2. The van der Waals surface area contributed by atoms with E-state index < -0.39 is 0 Å². The van der Waals surface area contributed by atoms with E-state index in [1.807, 2.05) is 36.4 Å². The van der Waals surface area contributed by atoms with Crippen molar-refractivity contribution >= 4 is 11.6 Å². The van der Waals surface area contributed by atoms with Gasteiger partial charge in [-0.15, -0.1) is 11.6 Å². The quantitative estimate of drug-likeness (QED) is 0.579. The Hall–Kier alpha value is -1.15. The lowest BCUT2D eigenvalue weighted by Gasteiger charge is -2.02. The molecule has 1 aromatic rings. The van der Waals surface area contributed by atoms with Crippen LogP contribution in [0, 0.1) is 0 Å². The molecular formula is C10H12ClNO. The summed E-state index contributed by atoms with van der Waals surface area (Å²) in [5, 5.41) is 0. The maximum atomic E-state index is 5.48. The van der Waals surface area contributed by atoms with E-state index in [9.17, 15) is 0 Å². The van der Waals surface area contributed by atoms with Gasteiger partial charge in [0, 0.05) is 12.1 Å². The monoisotopic (exact) mass is 197 g/mol. The number of allylic oxidation sites excluding steroid dienone is 1. The van der Waals surface area contributed by atoms with Crippen molar-refractivity contribution in [3.63, 3.8) is 0 Å². The number of halogens is 1. The van der Waals surface area contributed by atoms with Gasteiger partial charge in [-0.1, -0.05) is 24.3 Å². The van der Waals surface area contributed by atoms with Crippen LogP contribution in [0.4, 0.5) is 0 Å². The number of nitrogens with one attached hydrogen (secondary N) is 1. The van der Waals surface area contributed by atoms with Crippen LogP contribution in [0.25, 0.3) is 0 Å². The average molecular weight is 198 g/mol. The minimum Gasteiger partial charge on any atom is -0.383 e. The molecule has 0 aliphatic heterocycles. The number of hydroxylamine groups is 1. The third-order valence-corrected chi connectivity index (χ3v) is 1.60. The molecule has 0 atom stereocenters. The Morgan fingerprint density at radius 3 is 2.77 bits per heavy atom. The number of hydrogen-bond acceptors (Lipinski definition) is 2. The highest BCUT2D eigenvalue weighted by Crippen LogP contribution is 2.06. The van der Waals surface area contributed by atoms with Gasteiger partial charge >= 0.3 is 0 Å². The van der Waals surface area contributed by atoms with Gasteiger partial charge in [0.25, 0.3) is 0 Å². The van der Waals surface area contributed by atoms with Crippen molar-refractivity contribution in [3.8, 4) is 5.75 Å². The third kappa shape index (κ3) is 4.43. The Morgan fingerprint density at radius 2 is 2.08 bits per heavy atom. The molecule has 0 saturated carbocycles. The van der Waals surface area contributed by atoms with E-state index >= 15 is 0 Å². The molecule has 1 rings (SSSR count). The number of alkyl halides is 1. The van der Waals surface area contributed by atoms with Gasteiger partial charge < -0.3 is 4.84 Å². The summed E-state index contributed by atoms with van der Waals surface area (Å²) in [5.74, 6) is 1.42. The molecule has 0 aliphatic carbocycles. The first kappa shape index (κ1) is 9.93. The number of hydrogen-bond donors (Lipinski definition) is 1. The molecule has 2 nitrogen and oxygen atoms in total. The second-order valence-corrected chi connectivity index (χ2v) is 2.79. The van der Waals surface area contributed by atoms with Crippen LogP contribution in [-0.2, 0) is 0 Å². The molecule has 0 aliphatic rings. The summed E-state index contributed by atoms with van der Waals surface area (Å²) in [6, 6.07) is 9.53. The molecular weight excluding hydrogens is 186 g/mol. The van der Waals surface area contributed by atoms with E-state index in [4.69, 9.17) is 16.4 Å². The Balaban J connectivity index is 2.20. The highest BCUT2D eigenvalue weighted by atomic mass is 35.5. The molecule has 70 valence electrons. The predicted octanol–water partition coefficient (Wildman–Crippen LogP) is 2.71. The third-order valence-electron chi connectivity index (χ3n) is 1.38. The summed E-state index contributed by atoms with van der Waals surface area (Å²) < 4.78 is 0. The smallest absolute Gasteiger partial charge is 0.155 e. The molecule has 0 aromatic heterocycles. The van der Waals surface area contributed by atoms with Gasteiger partial charge in [-0.25, -0.2) is 5.48 Å². The van der Waals surface area contributed by atoms with Crippen LogP contribution in [0.15, 0.2) is 42.6 Å². The van der Waals surface area contributed by atoms with E-state index in [0.29, 0.717) is 5.88 Å². The van der Waals surface area contributed by atoms with Crippen LogP contribution >= 0.6 is 11.6 Å². The minimum absolute atomic E-state index is 0.628. The number of rotatable bonds is 5. The number of benzene rings is 1. The van der Waals surface area contributed by atoms with Gasteiger partial charge in [-0.2, -0.15) is 0 Å². The van der Waals surface area contributed by atoms with Crippen molar-refractivity contribution in [1.29, 1.82) is 0 Å². The molecule has 0 spiro atoms. The minimum atomic E-state index is 0.628. The maximum Gasteiger partial charge on any atom is 0.155 e. The van der Waals surface area contributed by atoms with Crippen LogP contribution in [0.5, 0.6) is 5.75 Å². The molecule has 0 amide bonds. The molecule has 3 heteroatoms. The van der Waals surface area contributed by atoms with Gasteiger partial charge in [0.2, 0.25) is 0 Å². The fourth-order valence-electron chi connectivity index (χ4n) is 0.785. The van der Waals surface area contributed by atoms with Crippen molar-refractivity contribution in [1.82, 2.24) is 5.48 Å². The summed E-state index contributed by atoms with van der Waals surface area (Å²) in [7, 11) is 0. The maximum absolute atomic E-state index is 5.48. The molecule has 0 bridgehead atoms. The zero-order chi connectivity index (χ0) is 9.36. The fourth-order valence-corrected chi connectivity index (χ4v) is 0.911. The molecule has 0 radical (unpaired) electrons. The summed E-state index contributed by atoms with van der Waals surface area (Å²) in [5.41, 5.74) is 2.70. The van der Waals surface area contributed by atoms with E-state index in [0.717, 1.165) is 12.2 Å². The lowest BCUT2D eigenvalue weighted by atomic mass is 10.3. The summed E-state index contributed by atoms with van der Waals surface area (Å²) in [6.07, 6.45) is 4.48. The van der Waals surface area contributed by atoms with Gasteiger partial charge in [0.1, 0.15) is 0 Å². The first-order valence-corrected chi connectivity index (χ1v) is 4.65. The molecule has 0 heterocycles. The Morgan fingerprint density at radius 1 is 1.31 bits per heavy atom. The van der Waals surface area contributed by atoms with Crippen LogP contribution in [-0.4, -0.2) is 5.88 Å². The first-order valence-electron chi connectivity index (χ1n) is 4.12. The normalized spacial score (nSPS) is 10.2. The van der Waals surface area contributed by atoms with Gasteiger partial charge in [0.05, 0.1) is 0 Å². The lowest BCUT2D eigenvalue weighted by molar-refractivity contribution is 0.242. The topological polar surface area (TPSA) is 21.3 Å². The van der Waals surface area contributed by atoms with Crippen LogP contribution in [0.1, 0.15) is 6.42 Å². The van der Waals surface area contributed by atoms with E-state index in [2.05, 4.69) is 5.48 Å². The summed E-state index contributed by atoms with van der Waals surface area (Å²) in [6.45, 7) is 0. The predicted molar refractivity (Wildman–Crippen MR) is 54.7 cm³/mol. The van der Waals surface area contributed by atoms with Crippen molar-refractivity contribution in [3.05, 3.63) is 42.6 Å². The summed E-state index contributed by atoms with van der Waals surface area (Å²) in [4.78, 5) is 5.17. The van der Waals surface area contributed by atoms with Crippen molar-refractivity contribution in [2.45, 2.75) is 6.42 Å². The van der Waals surface area contributed by atoms with E-state index in [-0.39, 0.29) is 0 Å². The van der Waals surface area contributed by atoms with Crippen LogP contribution in [0.2, 0.25) is 0 Å². The highest BCUT2D eigenvalue weighted by Gasteiger charge is 1.86. The van der Waals surface area contributed by atoms with Crippen molar-refractivity contribution < 1.29 is 4.84 Å². The zero-order valence-corrected chi connectivity index (χ0v) is 8.00. The fraction of sp³-hybridized carbons (Fsp3) is 0.200. The Bertz CT molecular complexity index is 248. The van der Waals surface area contributed by atoms with Crippen LogP contribution in [0.3, 0.4) is 0 Å². The average Bonchev–Trinajstić information content (AvgIpc) is 2.19. The largest absolute Gasteiger partial charge is 0.383 e. The molecule has 0 unspecified atom stereocenters. The van der Waals surface area contributed by atoms with Crippen molar-refractivity contribution in [2.75, 3.05) is 5.88 Å². The van der Waals surface area contributed by atoms with Crippen molar-refractivity contribution in [2.24, 2.45) is 0 Å². The molecule has 0 saturated heterocycles. The van der Waals surface area contributed by atoms with Gasteiger partial charge in [-0.05, 0) is 18.6 Å². The summed E-state index contributed by atoms with van der Waals surface area (Å²) >= 11 is 5.48. The highest BCUT2D eigenvalue weighted by molar-refractivity contribution is 6.17. The van der Waals surface area contributed by atoms with E-state index in [1.54, 1.807) is 6.20 Å². The Kier molecular flexibility index (Phi) is 4.87. The zero-order valence-electron chi connectivity index (χ0n) is 7.24. The molecule has 1 aromatic carbocycles. The second kappa shape index (κ2) is 6.38. The van der Waals surface area contributed by atoms with Gasteiger partial charge in [0.15, 0.2) is 5.75 Å². The number of para-hydroxylation sites is 1. The lowest BCUT2D eigenvalue weighted by Crippen LogP contribution is -2.09. The van der Waals surface area contributed by atoms with Crippen LogP contribution < -0.4 is 10.3 Å². The molecule has 0 fully saturated rings. The van der Waals surface area contributed by atoms with Gasteiger partial charge in [-0.3, -0.25) is 0 Å². The Labute approximate surface area is 83.1 Å². The molecule has 1 N–H and O–H groups in total. The first-order chi connectivity index (χ1) is 6.43. The molecule has 13 heavy (non-hydrogen) atoms. The van der Waals surface area contributed by atoms with E-state index in [1.165, 1.54) is 0 Å². The SMILES string of the molecule is ClCCC=CNOc1ccccc1. The second-order valence-electron chi connectivity index (χ2n) is 2.41.